The summed E-state index contributed by atoms with van der Waals surface area (Å²) in [5.74, 6) is 1.14. The van der Waals surface area contributed by atoms with Gasteiger partial charge in [-0.3, -0.25) is 4.99 Å². The molecule has 0 atom stereocenters. The van der Waals surface area contributed by atoms with Gasteiger partial charge in [0.05, 0.1) is 15.7 Å². The van der Waals surface area contributed by atoms with Gasteiger partial charge in [-0.2, -0.15) is 0 Å². The minimum absolute atomic E-state index is 0. The molecule has 0 saturated heterocycles. The quantitative estimate of drug-likeness (QED) is 0.318. The van der Waals surface area contributed by atoms with Crippen molar-refractivity contribution in [2.45, 2.75) is 12.8 Å². The number of halogens is 5. The number of aromatic hydroxyl groups is 1. The highest BCUT2D eigenvalue weighted by Crippen LogP contribution is 2.35. The van der Waals surface area contributed by atoms with Crippen LogP contribution in [-0.4, -0.2) is 36.2 Å². The van der Waals surface area contributed by atoms with Gasteiger partial charge in [0.1, 0.15) is 0 Å². The molecule has 0 unspecified atom stereocenters. The van der Waals surface area contributed by atoms with Gasteiger partial charge < -0.3 is 10.0 Å². The number of hydrogen-bond donors (Lipinski definition) is 1. The van der Waals surface area contributed by atoms with Crippen molar-refractivity contribution in [3.05, 3.63) is 52.0 Å². The number of anilines is 1. The topological polar surface area (TPSA) is 35.8 Å². The Hall–Kier alpha value is -0.840. The zero-order valence-electron chi connectivity index (χ0n) is 14.5. The first kappa shape index (κ1) is 24.2. The summed E-state index contributed by atoms with van der Waals surface area (Å²) in [6.45, 7) is 1.80. The molecule has 0 spiro atoms. The van der Waals surface area contributed by atoms with Crippen molar-refractivity contribution >= 4 is 76.4 Å². The molecule has 0 aliphatic carbocycles. The van der Waals surface area contributed by atoms with E-state index in [0.717, 1.165) is 37.2 Å². The maximum atomic E-state index is 9.58. The van der Waals surface area contributed by atoms with Crippen LogP contribution in [0.5, 0.6) is 5.75 Å². The van der Waals surface area contributed by atoms with Crippen molar-refractivity contribution in [2.24, 2.45) is 4.99 Å². The van der Waals surface area contributed by atoms with Gasteiger partial charge in [0, 0.05) is 36.8 Å². The molecule has 0 radical (unpaired) electrons. The van der Waals surface area contributed by atoms with Crippen LogP contribution in [0.3, 0.4) is 0 Å². The van der Waals surface area contributed by atoms with E-state index in [1.807, 2.05) is 12.1 Å². The molecular formula is C19H21Cl5N2O. The summed E-state index contributed by atoms with van der Waals surface area (Å²) in [6, 6.07) is 11.2. The normalized spacial score (nSPS) is 10.8. The van der Waals surface area contributed by atoms with Crippen molar-refractivity contribution in [1.82, 2.24) is 0 Å². The van der Waals surface area contributed by atoms with E-state index in [0.29, 0.717) is 17.4 Å². The molecule has 3 nitrogen and oxygen atoms in total. The Labute approximate surface area is 186 Å². The molecule has 0 fully saturated rings. The van der Waals surface area contributed by atoms with Crippen LogP contribution in [0.15, 0.2) is 41.4 Å². The number of rotatable bonds is 9. The number of benzene rings is 2. The predicted octanol–water partition coefficient (Wildman–Crippen LogP) is 6.94. The molecule has 1 N–H and O–H groups in total. The van der Waals surface area contributed by atoms with E-state index in [4.69, 9.17) is 46.4 Å². The van der Waals surface area contributed by atoms with Crippen molar-refractivity contribution < 1.29 is 5.11 Å². The van der Waals surface area contributed by atoms with E-state index in [1.165, 1.54) is 0 Å². The Morgan fingerprint density at radius 3 is 1.93 bits per heavy atom. The molecule has 0 aromatic heterocycles. The third kappa shape index (κ3) is 7.59. The number of nitrogens with zero attached hydrogens (tertiary/aromatic N) is 2. The van der Waals surface area contributed by atoms with E-state index in [-0.39, 0.29) is 28.2 Å². The summed E-state index contributed by atoms with van der Waals surface area (Å²) in [6.07, 6.45) is 3.58. The van der Waals surface area contributed by atoms with Crippen LogP contribution in [0.2, 0.25) is 10.0 Å². The Morgan fingerprint density at radius 2 is 1.44 bits per heavy atom. The fourth-order valence-corrected chi connectivity index (χ4v) is 3.13. The minimum atomic E-state index is -0.134. The van der Waals surface area contributed by atoms with E-state index < -0.39 is 0 Å². The average molecular weight is 471 g/mol. The second-order valence-corrected chi connectivity index (χ2v) is 7.25. The molecule has 2 aromatic rings. The van der Waals surface area contributed by atoms with Crippen LogP contribution in [-0.2, 0) is 0 Å². The van der Waals surface area contributed by atoms with Crippen LogP contribution >= 0.6 is 58.8 Å². The SMILES string of the molecule is Cl.Oc1c(Cl)cc(N=Cc2ccc(N(CCCCl)CCCCl)cc2)cc1Cl. The molecule has 0 aliphatic heterocycles. The lowest BCUT2D eigenvalue weighted by atomic mass is 10.2. The molecule has 0 heterocycles. The summed E-state index contributed by atoms with van der Waals surface area (Å²) in [5.41, 5.74) is 2.66. The van der Waals surface area contributed by atoms with Gasteiger partial charge in [0.15, 0.2) is 5.75 Å². The van der Waals surface area contributed by atoms with Crippen molar-refractivity contribution in [3.8, 4) is 5.75 Å². The fourth-order valence-electron chi connectivity index (χ4n) is 2.42. The molecule has 0 saturated carbocycles. The zero-order chi connectivity index (χ0) is 18.9. The van der Waals surface area contributed by atoms with E-state index in [1.54, 1.807) is 18.3 Å². The molecule has 0 aliphatic rings. The highest BCUT2D eigenvalue weighted by molar-refractivity contribution is 6.37. The lowest BCUT2D eigenvalue weighted by Crippen LogP contribution is -2.26. The van der Waals surface area contributed by atoms with Crippen molar-refractivity contribution in [1.29, 1.82) is 0 Å². The lowest BCUT2D eigenvalue weighted by Gasteiger charge is -2.24. The molecule has 2 rings (SSSR count). The van der Waals surface area contributed by atoms with Crippen LogP contribution in [0.4, 0.5) is 11.4 Å². The predicted molar refractivity (Wildman–Crippen MR) is 122 cm³/mol. The first-order chi connectivity index (χ1) is 12.5. The van der Waals surface area contributed by atoms with E-state index in [2.05, 4.69) is 22.0 Å². The fraction of sp³-hybridized carbons (Fsp3) is 0.316. The number of phenolic OH excluding ortho intramolecular Hbond substituents is 1. The van der Waals surface area contributed by atoms with Crippen molar-refractivity contribution in [2.75, 3.05) is 29.7 Å². The first-order valence-corrected chi connectivity index (χ1v) is 10.1. The summed E-state index contributed by atoms with van der Waals surface area (Å²) in [5, 5.41) is 9.94. The monoisotopic (exact) mass is 468 g/mol. The van der Waals surface area contributed by atoms with Gasteiger partial charge in [-0.05, 0) is 42.7 Å². The molecule has 2 aromatic carbocycles. The maximum Gasteiger partial charge on any atom is 0.152 e. The molecule has 8 heteroatoms. The maximum absolute atomic E-state index is 9.58. The number of alkyl halides is 2. The Bertz CT molecular complexity index is 706. The first-order valence-electron chi connectivity index (χ1n) is 8.24. The summed E-state index contributed by atoms with van der Waals surface area (Å²) in [4.78, 5) is 6.64. The Kier molecular flexibility index (Phi) is 11.3. The molecular weight excluding hydrogens is 449 g/mol. The van der Waals surface area contributed by atoms with Gasteiger partial charge in [-0.1, -0.05) is 35.3 Å². The molecule has 0 amide bonds. The third-order valence-electron chi connectivity index (χ3n) is 3.75. The van der Waals surface area contributed by atoms with E-state index in [9.17, 15) is 5.11 Å². The highest BCUT2D eigenvalue weighted by Gasteiger charge is 2.07. The Morgan fingerprint density at radius 1 is 0.926 bits per heavy atom. The average Bonchev–Trinajstić information content (AvgIpc) is 2.65. The summed E-state index contributed by atoms with van der Waals surface area (Å²) < 4.78 is 0. The minimum Gasteiger partial charge on any atom is -0.505 e. The van der Waals surface area contributed by atoms with Gasteiger partial charge in [0.2, 0.25) is 0 Å². The van der Waals surface area contributed by atoms with Gasteiger partial charge in [0.25, 0.3) is 0 Å². The van der Waals surface area contributed by atoms with Crippen LogP contribution in [0.25, 0.3) is 0 Å². The van der Waals surface area contributed by atoms with Crippen molar-refractivity contribution in [3.63, 3.8) is 0 Å². The largest absolute Gasteiger partial charge is 0.505 e. The van der Waals surface area contributed by atoms with Crippen LogP contribution in [0.1, 0.15) is 18.4 Å². The van der Waals surface area contributed by atoms with E-state index >= 15 is 0 Å². The summed E-state index contributed by atoms with van der Waals surface area (Å²) in [7, 11) is 0. The van der Waals surface area contributed by atoms with Gasteiger partial charge in [-0.15, -0.1) is 35.6 Å². The molecule has 27 heavy (non-hydrogen) atoms. The standard InChI is InChI=1S/C19H20Cl4N2O.ClH/c20-7-1-9-25(10-2-8-21)16-5-3-14(4-6-16)13-24-15-11-17(22)19(26)18(23)12-15;/h3-6,11-13,26H,1-2,7-10H2;1H. The van der Waals surface area contributed by atoms with Crippen LogP contribution < -0.4 is 4.90 Å². The number of hydrogen-bond acceptors (Lipinski definition) is 3. The molecule has 0 bridgehead atoms. The number of aliphatic imine (C=N–C) groups is 1. The van der Waals surface area contributed by atoms with Crippen LogP contribution in [0, 0.1) is 0 Å². The summed E-state index contributed by atoms with van der Waals surface area (Å²) >= 11 is 23.5. The molecule has 148 valence electrons. The lowest BCUT2D eigenvalue weighted by molar-refractivity contribution is 0.476. The smallest absolute Gasteiger partial charge is 0.152 e. The highest BCUT2D eigenvalue weighted by atomic mass is 35.5. The second-order valence-electron chi connectivity index (χ2n) is 5.68. The Balaban J connectivity index is 0.00000364. The van der Waals surface area contributed by atoms with Gasteiger partial charge >= 0.3 is 0 Å². The van der Waals surface area contributed by atoms with Gasteiger partial charge in [-0.25, -0.2) is 0 Å². The second kappa shape index (κ2) is 12.6. The zero-order valence-corrected chi connectivity index (χ0v) is 18.4. The third-order valence-corrected chi connectivity index (χ3v) is 4.86. The number of phenols is 1.